The predicted octanol–water partition coefficient (Wildman–Crippen LogP) is 3.11. The summed E-state index contributed by atoms with van der Waals surface area (Å²) in [6, 6.07) is 5.17. The largest absolute Gasteiger partial charge is 0.416 e. The molecule has 0 aliphatic heterocycles. The van der Waals surface area contributed by atoms with Gasteiger partial charge in [0.25, 0.3) is 0 Å². The lowest BCUT2D eigenvalue weighted by atomic mass is 10.1. The van der Waals surface area contributed by atoms with E-state index in [-0.39, 0.29) is 6.54 Å². The molecule has 0 saturated heterocycles. The zero-order chi connectivity index (χ0) is 13.0. The molecule has 0 unspecified atom stereocenters. The van der Waals surface area contributed by atoms with E-state index in [0.717, 1.165) is 12.1 Å². The van der Waals surface area contributed by atoms with Crippen molar-refractivity contribution in [3.8, 4) is 0 Å². The SMILES string of the molecule is FC(F)(F)c1cccc(CNc2cnccn2)c1. The fraction of sp³-hybridized carbons (Fsp3) is 0.167. The number of rotatable bonds is 3. The van der Waals surface area contributed by atoms with E-state index >= 15 is 0 Å². The lowest BCUT2D eigenvalue weighted by Crippen LogP contribution is -2.07. The van der Waals surface area contributed by atoms with Crippen LogP contribution in [0.15, 0.2) is 42.9 Å². The molecule has 0 atom stereocenters. The van der Waals surface area contributed by atoms with Crippen LogP contribution in [0.2, 0.25) is 0 Å². The highest BCUT2D eigenvalue weighted by Crippen LogP contribution is 2.29. The van der Waals surface area contributed by atoms with Crippen LogP contribution in [0.5, 0.6) is 0 Å². The van der Waals surface area contributed by atoms with Gasteiger partial charge in [0.05, 0.1) is 11.8 Å². The third kappa shape index (κ3) is 3.19. The summed E-state index contributed by atoms with van der Waals surface area (Å²) in [6.45, 7) is 0.266. The van der Waals surface area contributed by atoms with Crippen molar-refractivity contribution in [2.24, 2.45) is 0 Å². The molecule has 18 heavy (non-hydrogen) atoms. The number of halogens is 3. The Morgan fingerprint density at radius 1 is 1.17 bits per heavy atom. The monoisotopic (exact) mass is 253 g/mol. The molecule has 2 aromatic rings. The van der Waals surface area contributed by atoms with E-state index in [9.17, 15) is 13.2 Å². The van der Waals surface area contributed by atoms with Gasteiger partial charge in [0, 0.05) is 18.9 Å². The first kappa shape index (κ1) is 12.3. The standard InChI is InChI=1S/C12H10F3N3/c13-12(14,15)10-3-1-2-9(6-10)7-18-11-8-16-4-5-17-11/h1-6,8H,7H2,(H,17,18). The van der Waals surface area contributed by atoms with E-state index in [1.807, 2.05) is 0 Å². The van der Waals surface area contributed by atoms with E-state index in [4.69, 9.17) is 0 Å². The minimum absolute atomic E-state index is 0.266. The fourth-order valence-corrected chi connectivity index (χ4v) is 1.44. The van der Waals surface area contributed by atoms with E-state index in [1.165, 1.54) is 24.7 Å². The molecule has 94 valence electrons. The van der Waals surface area contributed by atoms with Crippen LogP contribution in [-0.2, 0) is 12.7 Å². The summed E-state index contributed by atoms with van der Waals surface area (Å²) in [7, 11) is 0. The van der Waals surface area contributed by atoms with Crippen molar-refractivity contribution < 1.29 is 13.2 Å². The molecule has 0 spiro atoms. The molecule has 1 aromatic heterocycles. The molecule has 1 N–H and O–H groups in total. The fourth-order valence-electron chi connectivity index (χ4n) is 1.44. The van der Waals surface area contributed by atoms with Gasteiger partial charge in [-0.25, -0.2) is 4.98 Å². The highest BCUT2D eigenvalue weighted by molar-refractivity contribution is 5.33. The predicted molar refractivity (Wildman–Crippen MR) is 60.8 cm³/mol. The summed E-state index contributed by atoms with van der Waals surface area (Å²) in [5.74, 6) is 0.523. The Bertz CT molecular complexity index is 511. The molecular weight excluding hydrogens is 243 g/mol. The van der Waals surface area contributed by atoms with Crippen LogP contribution in [0, 0.1) is 0 Å². The van der Waals surface area contributed by atoms with Crippen LogP contribution < -0.4 is 5.32 Å². The third-order valence-corrected chi connectivity index (χ3v) is 2.29. The van der Waals surface area contributed by atoms with Gasteiger partial charge in [0.1, 0.15) is 5.82 Å². The molecule has 0 bridgehead atoms. The first-order valence-electron chi connectivity index (χ1n) is 5.22. The van der Waals surface area contributed by atoms with Gasteiger partial charge in [-0.2, -0.15) is 13.2 Å². The van der Waals surface area contributed by atoms with Crippen molar-refractivity contribution in [3.05, 3.63) is 54.0 Å². The number of alkyl halides is 3. The Morgan fingerprint density at radius 3 is 2.67 bits per heavy atom. The van der Waals surface area contributed by atoms with Crippen LogP contribution in [0.25, 0.3) is 0 Å². The summed E-state index contributed by atoms with van der Waals surface area (Å²) in [4.78, 5) is 7.82. The minimum Gasteiger partial charge on any atom is -0.365 e. The first-order chi connectivity index (χ1) is 8.55. The highest BCUT2D eigenvalue weighted by Gasteiger charge is 2.30. The van der Waals surface area contributed by atoms with Crippen LogP contribution >= 0.6 is 0 Å². The maximum Gasteiger partial charge on any atom is 0.416 e. The number of hydrogen-bond acceptors (Lipinski definition) is 3. The summed E-state index contributed by atoms with van der Waals surface area (Å²) >= 11 is 0. The third-order valence-electron chi connectivity index (χ3n) is 2.29. The Kier molecular flexibility index (Phi) is 3.45. The highest BCUT2D eigenvalue weighted by atomic mass is 19.4. The average molecular weight is 253 g/mol. The second-order valence-corrected chi connectivity index (χ2v) is 3.64. The topological polar surface area (TPSA) is 37.8 Å². The summed E-state index contributed by atoms with van der Waals surface area (Å²) in [5, 5.41) is 2.90. The van der Waals surface area contributed by atoms with Gasteiger partial charge in [-0.1, -0.05) is 12.1 Å². The van der Waals surface area contributed by atoms with Gasteiger partial charge < -0.3 is 5.32 Å². The van der Waals surface area contributed by atoms with Crippen LogP contribution in [0.4, 0.5) is 19.0 Å². The van der Waals surface area contributed by atoms with Crippen molar-refractivity contribution in [1.29, 1.82) is 0 Å². The molecule has 1 heterocycles. The molecule has 0 amide bonds. The number of benzene rings is 1. The van der Waals surface area contributed by atoms with Gasteiger partial charge in [0.2, 0.25) is 0 Å². The van der Waals surface area contributed by atoms with E-state index < -0.39 is 11.7 Å². The van der Waals surface area contributed by atoms with Crippen molar-refractivity contribution >= 4 is 5.82 Å². The number of nitrogens with zero attached hydrogens (tertiary/aromatic N) is 2. The minimum atomic E-state index is -4.32. The normalized spacial score (nSPS) is 11.3. The molecule has 0 radical (unpaired) electrons. The molecule has 1 aromatic carbocycles. The Labute approximate surface area is 102 Å². The Morgan fingerprint density at radius 2 is 2.00 bits per heavy atom. The maximum absolute atomic E-state index is 12.5. The number of hydrogen-bond donors (Lipinski definition) is 1. The summed E-state index contributed by atoms with van der Waals surface area (Å²) < 4.78 is 37.5. The molecular formula is C12H10F3N3. The lowest BCUT2D eigenvalue weighted by Gasteiger charge is -2.09. The van der Waals surface area contributed by atoms with Gasteiger partial charge in [-0.05, 0) is 17.7 Å². The van der Waals surface area contributed by atoms with E-state index in [0.29, 0.717) is 11.4 Å². The molecule has 2 rings (SSSR count). The molecule has 3 nitrogen and oxygen atoms in total. The van der Waals surface area contributed by atoms with Gasteiger partial charge in [-0.15, -0.1) is 0 Å². The molecule has 0 aliphatic rings. The summed E-state index contributed by atoms with van der Waals surface area (Å²) in [6.07, 6.45) is 0.222. The smallest absolute Gasteiger partial charge is 0.365 e. The van der Waals surface area contributed by atoms with E-state index in [1.54, 1.807) is 6.07 Å². The summed E-state index contributed by atoms with van der Waals surface area (Å²) in [5.41, 5.74) is -0.114. The number of nitrogens with one attached hydrogen (secondary N) is 1. The maximum atomic E-state index is 12.5. The lowest BCUT2D eigenvalue weighted by molar-refractivity contribution is -0.137. The van der Waals surface area contributed by atoms with E-state index in [2.05, 4.69) is 15.3 Å². The molecule has 0 saturated carbocycles. The first-order valence-corrected chi connectivity index (χ1v) is 5.22. The van der Waals surface area contributed by atoms with Crippen molar-refractivity contribution in [2.75, 3.05) is 5.32 Å². The quantitative estimate of drug-likeness (QED) is 0.913. The van der Waals surface area contributed by atoms with Gasteiger partial charge >= 0.3 is 6.18 Å². The Balaban J connectivity index is 2.06. The zero-order valence-electron chi connectivity index (χ0n) is 9.28. The average Bonchev–Trinajstić information content (AvgIpc) is 2.37. The molecule has 0 fully saturated rings. The Hall–Kier alpha value is -2.11. The van der Waals surface area contributed by atoms with Crippen LogP contribution in [0.3, 0.4) is 0 Å². The van der Waals surface area contributed by atoms with Gasteiger partial charge in [0.15, 0.2) is 0 Å². The van der Waals surface area contributed by atoms with Crippen molar-refractivity contribution in [2.45, 2.75) is 12.7 Å². The van der Waals surface area contributed by atoms with Crippen molar-refractivity contribution in [1.82, 2.24) is 9.97 Å². The van der Waals surface area contributed by atoms with Gasteiger partial charge in [-0.3, -0.25) is 4.98 Å². The second-order valence-electron chi connectivity index (χ2n) is 3.64. The van der Waals surface area contributed by atoms with Crippen molar-refractivity contribution in [3.63, 3.8) is 0 Å². The number of anilines is 1. The van der Waals surface area contributed by atoms with Crippen LogP contribution in [0.1, 0.15) is 11.1 Å². The number of aromatic nitrogens is 2. The van der Waals surface area contributed by atoms with Crippen LogP contribution in [-0.4, -0.2) is 9.97 Å². The molecule has 6 heteroatoms. The zero-order valence-corrected chi connectivity index (χ0v) is 9.28. The molecule has 0 aliphatic carbocycles. The second kappa shape index (κ2) is 5.03.